The Morgan fingerprint density at radius 1 is 0.950 bits per heavy atom. The molecule has 4 aliphatic rings. The van der Waals surface area contributed by atoms with E-state index in [-0.39, 0.29) is 54.5 Å². The number of carbonyl (C=O) groups excluding carboxylic acids is 3. The first kappa shape index (κ1) is 32.6. The standard InChI is InChI=1S/C29H41FN4O4.2ClH/c1-38-27(36)8-2-7-25-24-6-4-14-32-13-3-5-22(28(24)32)19-34(25)26(35)20-31-15-17-33(18-16-31)29(37)21-9-11-23(30)12-10-21;;/h9-12,22,24-25,28H,2-8,13-20H2,1H3;2*1H. The summed E-state index contributed by atoms with van der Waals surface area (Å²) < 4.78 is 18.1. The van der Waals surface area contributed by atoms with Crippen LogP contribution in [0.2, 0.25) is 0 Å². The predicted molar refractivity (Wildman–Crippen MR) is 155 cm³/mol. The van der Waals surface area contributed by atoms with E-state index in [1.165, 1.54) is 63.7 Å². The molecular weight excluding hydrogens is 558 g/mol. The summed E-state index contributed by atoms with van der Waals surface area (Å²) in [5.74, 6) is 0.532. The fraction of sp³-hybridized carbons (Fsp3) is 0.690. The molecule has 4 aliphatic heterocycles. The van der Waals surface area contributed by atoms with E-state index < -0.39 is 0 Å². The van der Waals surface area contributed by atoms with Gasteiger partial charge in [0.05, 0.1) is 13.7 Å². The number of methoxy groups -OCH3 is 1. The molecule has 224 valence electrons. The smallest absolute Gasteiger partial charge is 0.305 e. The summed E-state index contributed by atoms with van der Waals surface area (Å²) in [5, 5.41) is 0. The van der Waals surface area contributed by atoms with Crippen LogP contribution in [0.1, 0.15) is 55.3 Å². The number of halogens is 3. The Morgan fingerprint density at radius 2 is 1.62 bits per heavy atom. The first-order valence-corrected chi connectivity index (χ1v) is 14.3. The van der Waals surface area contributed by atoms with Crippen molar-refractivity contribution in [2.75, 3.05) is 59.5 Å². The van der Waals surface area contributed by atoms with Gasteiger partial charge in [-0.2, -0.15) is 0 Å². The highest BCUT2D eigenvalue weighted by Crippen LogP contribution is 2.43. The molecule has 5 rings (SSSR count). The summed E-state index contributed by atoms with van der Waals surface area (Å²) in [6, 6.07) is 6.39. The molecule has 1 aromatic rings. The van der Waals surface area contributed by atoms with Crippen molar-refractivity contribution >= 4 is 42.6 Å². The van der Waals surface area contributed by atoms with E-state index in [1.54, 1.807) is 4.90 Å². The molecule has 8 nitrogen and oxygen atoms in total. The van der Waals surface area contributed by atoms with E-state index in [1.807, 2.05) is 0 Å². The topological polar surface area (TPSA) is 73.4 Å². The maximum absolute atomic E-state index is 13.8. The molecule has 0 spiro atoms. The molecule has 4 atom stereocenters. The number of hydrogen-bond acceptors (Lipinski definition) is 6. The van der Waals surface area contributed by atoms with Crippen molar-refractivity contribution in [1.82, 2.24) is 19.6 Å². The maximum Gasteiger partial charge on any atom is 0.305 e. The van der Waals surface area contributed by atoms with Gasteiger partial charge in [0.1, 0.15) is 5.82 Å². The fourth-order valence-electron chi connectivity index (χ4n) is 7.38. The quantitative estimate of drug-likeness (QED) is 0.446. The number of piperidine rings is 3. The molecule has 4 unspecified atom stereocenters. The summed E-state index contributed by atoms with van der Waals surface area (Å²) in [5.41, 5.74) is 0.489. The van der Waals surface area contributed by atoms with Gasteiger partial charge >= 0.3 is 5.97 Å². The van der Waals surface area contributed by atoms with Gasteiger partial charge in [-0.25, -0.2) is 4.39 Å². The Morgan fingerprint density at radius 3 is 2.30 bits per heavy atom. The summed E-state index contributed by atoms with van der Waals surface area (Å²) in [4.78, 5) is 47.2. The number of benzene rings is 1. The van der Waals surface area contributed by atoms with Crippen LogP contribution in [0.15, 0.2) is 24.3 Å². The number of esters is 1. The second-order valence-electron chi connectivity index (χ2n) is 11.4. The Hall–Kier alpha value is -1.94. The monoisotopic (exact) mass is 600 g/mol. The molecule has 4 heterocycles. The molecule has 4 fully saturated rings. The average Bonchev–Trinajstić information content (AvgIpc) is 2.94. The minimum absolute atomic E-state index is 0. The van der Waals surface area contributed by atoms with Gasteiger partial charge < -0.3 is 14.5 Å². The summed E-state index contributed by atoms with van der Waals surface area (Å²) >= 11 is 0. The van der Waals surface area contributed by atoms with E-state index in [0.29, 0.717) is 62.6 Å². The van der Waals surface area contributed by atoms with Crippen LogP contribution in [0, 0.1) is 17.7 Å². The third-order valence-corrected chi connectivity index (χ3v) is 9.21. The largest absolute Gasteiger partial charge is 0.469 e. The summed E-state index contributed by atoms with van der Waals surface area (Å²) in [6.45, 7) is 5.89. The van der Waals surface area contributed by atoms with E-state index in [4.69, 9.17) is 4.74 Å². The van der Waals surface area contributed by atoms with Crippen LogP contribution >= 0.6 is 24.8 Å². The lowest BCUT2D eigenvalue weighted by molar-refractivity contribution is -0.148. The zero-order valence-corrected chi connectivity index (χ0v) is 25.0. The lowest BCUT2D eigenvalue weighted by atomic mass is 9.69. The molecule has 0 saturated carbocycles. The van der Waals surface area contributed by atoms with Crippen molar-refractivity contribution in [3.05, 3.63) is 35.6 Å². The first-order valence-electron chi connectivity index (χ1n) is 14.3. The van der Waals surface area contributed by atoms with Gasteiger partial charge in [-0.05, 0) is 87.7 Å². The molecular formula is C29H43Cl2FN4O4. The second-order valence-corrected chi connectivity index (χ2v) is 11.4. The summed E-state index contributed by atoms with van der Waals surface area (Å²) in [6.07, 6.45) is 6.67. The Kier molecular flexibility index (Phi) is 12.1. The molecule has 11 heteroatoms. The van der Waals surface area contributed by atoms with Gasteiger partial charge in [-0.1, -0.05) is 0 Å². The second kappa shape index (κ2) is 14.8. The van der Waals surface area contributed by atoms with Crippen molar-refractivity contribution in [2.45, 2.75) is 57.0 Å². The number of carbonyl (C=O) groups is 3. The molecule has 0 aliphatic carbocycles. The van der Waals surface area contributed by atoms with Crippen LogP contribution in [-0.4, -0.2) is 109 Å². The fourth-order valence-corrected chi connectivity index (χ4v) is 7.38. The van der Waals surface area contributed by atoms with Gasteiger partial charge in [0.15, 0.2) is 0 Å². The third kappa shape index (κ3) is 7.27. The van der Waals surface area contributed by atoms with Crippen molar-refractivity contribution < 1.29 is 23.5 Å². The van der Waals surface area contributed by atoms with Crippen LogP contribution in [0.4, 0.5) is 4.39 Å². The van der Waals surface area contributed by atoms with Gasteiger partial charge in [-0.15, -0.1) is 24.8 Å². The molecule has 0 N–H and O–H groups in total. The van der Waals surface area contributed by atoms with Crippen molar-refractivity contribution in [1.29, 1.82) is 0 Å². The first-order chi connectivity index (χ1) is 18.4. The van der Waals surface area contributed by atoms with E-state index in [9.17, 15) is 18.8 Å². The van der Waals surface area contributed by atoms with Crippen molar-refractivity contribution in [3.8, 4) is 0 Å². The zero-order valence-electron chi connectivity index (χ0n) is 23.3. The van der Waals surface area contributed by atoms with Crippen molar-refractivity contribution in [3.63, 3.8) is 0 Å². The van der Waals surface area contributed by atoms with Crippen LogP contribution in [0.5, 0.6) is 0 Å². The minimum atomic E-state index is -0.355. The predicted octanol–water partition coefficient (Wildman–Crippen LogP) is 3.47. The van der Waals surface area contributed by atoms with E-state index in [0.717, 1.165) is 25.8 Å². The molecule has 0 radical (unpaired) electrons. The Labute approximate surface area is 249 Å². The Bertz CT molecular complexity index is 1010. The van der Waals surface area contributed by atoms with Gasteiger partial charge in [0.2, 0.25) is 5.91 Å². The average molecular weight is 602 g/mol. The number of piperazine rings is 1. The number of likely N-dealkylation sites (tertiary alicyclic amines) is 1. The Balaban J connectivity index is 0.00000220. The third-order valence-electron chi connectivity index (χ3n) is 9.21. The van der Waals surface area contributed by atoms with Crippen molar-refractivity contribution in [2.24, 2.45) is 11.8 Å². The van der Waals surface area contributed by atoms with Gasteiger partial charge in [0, 0.05) is 56.8 Å². The molecule has 0 aromatic heterocycles. The highest BCUT2D eigenvalue weighted by Gasteiger charge is 2.49. The molecule has 0 bridgehead atoms. The maximum atomic E-state index is 13.8. The molecule has 4 saturated heterocycles. The number of rotatable bonds is 7. The van der Waals surface area contributed by atoms with E-state index in [2.05, 4.69) is 14.7 Å². The van der Waals surface area contributed by atoms with Crippen LogP contribution in [0.3, 0.4) is 0 Å². The minimum Gasteiger partial charge on any atom is -0.469 e. The number of hydrogen-bond donors (Lipinski definition) is 0. The lowest BCUT2D eigenvalue weighted by Gasteiger charge is -2.57. The zero-order chi connectivity index (χ0) is 26.6. The number of amides is 2. The molecule has 40 heavy (non-hydrogen) atoms. The highest BCUT2D eigenvalue weighted by atomic mass is 35.5. The molecule has 1 aromatic carbocycles. The van der Waals surface area contributed by atoms with E-state index >= 15 is 0 Å². The molecule has 2 amide bonds. The van der Waals surface area contributed by atoms with Crippen LogP contribution < -0.4 is 0 Å². The van der Waals surface area contributed by atoms with Crippen LogP contribution in [-0.2, 0) is 14.3 Å². The van der Waals surface area contributed by atoms with Gasteiger partial charge in [0.25, 0.3) is 5.91 Å². The number of nitrogens with zero attached hydrogens (tertiary/aromatic N) is 4. The van der Waals surface area contributed by atoms with Gasteiger partial charge in [-0.3, -0.25) is 24.2 Å². The van der Waals surface area contributed by atoms with Crippen LogP contribution in [0.25, 0.3) is 0 Å². The SMILES string of the molecule is COC(=O)CCCC1C2CCCN3CCCC(CN1C(=O)CN1CCN(C(=O)c4ccc(F)cc4)CC1)C23.Cl.Cl. The highest BCUT2D eigenvalue weighted by molar-refractivity contribution is 5.94. The summed E-state index contributed by atoms with van der Waals surface area (Å²) in [7, 11) is 1.43. The number of ether oxygens (including phenoxy) is 1. The lowest BCUT2D eigenvalue weighted by Crippen LogP contribution is -2.66. The normalized spacial score (nSPS) is 26.6.